The number of carbonyl (C=O) groups is 1. The number of amides is 1. The molecule has 6 heteroatoms. The van der Waals surface area contributed by atoms with Crippen LogP contribution in [0.25, 0.3) is 0 Å². The lowest BCUT2D eigenvalue weighted by Gasteiger charge is -2.31. The number of morpholine rings is 1. The minimum Gasteiger partial charge on any atom is -0.374 e. The van der Waals surface area contributed by atoms with Gasteiger partial charge in [0.25, 0.3) is 0 Å². The molecule has 2 rings (SSSR count). The van der Waals surface area contributed by atoms with Crippen LogP contribution in [0.1, 0.15) is 5.56 Å². The highest BCUT2D eigenvalue weighted by atomic mass is 35.5. The maximum Gasteiger partial charge on any atom is 0.238 e. The van der Waals surface area contributed by atoms with E-state index in [0.29, 0.717) is 31.3 Å². The lowest BCUT2D eigenvalue weighted by molar-refractivity contribution is -0.119. The summed E-state index contributed by atoms with van der Waals surface area (Å²) < 4.78 is 5.48. The summed E-state index contributed by atoms with van der Waals surface area (Å²) in [6.07, 6.45) is 0.0221. The molecule has 1 unspecified atom stereocenters. The van der Waals surface area contributed by atoms with E-state index in [1.54, 1.807) is 6.07 Å². The van der Waals surface area contributed by atoms with E-state index in [0.717, 1.165) is 17.8 Å². The molecule has 1 saturated heterocycles. The fourth-order valence-corrected chi connectivity index (χ4v) is 2.45. The summed E-state index contributed by atoms with van der Waals surface area (Å²) in [6, 6.07) is 5.41. The van der Waals surface area contributed by atoms with E-state index in [4.69, 9.17) is 22.1 Å². The molecule has 0 spiro atoms. The third-order valence-corrected chi connectivity index (χ3v) is 3.55. The van der Waals surface area contributed by atoms with Crippen LogP contribution >= 0.6 is 11.6 Å². The molecule has 20 heavy (non-hydrogen) atoms. The Labute approximate surface area is 124 Å². The largest absolute Gasteiger partial charge is 0.374 e. The van der Waals surface area contributed by atoms with Gasteiger partial charge in [-0.05, 0) is 30.7 Å². The molecule has 1 aromatic rings. The molecule has 1 amide bonds. The molecule has 5 nitrogen and oxygen atoms in total. The van der Waals surface area contributed by atoms with Crippen molar-refractivity contribution in [3.63, 3.8) is 0 Å². The van der Waals surface area contributed by atoms with Crippen molar-refractivity contribution in [2.24, 2.45) is 5.73 Å². The van der Waals surface area contributed by atoms with Crippen LogP contribution < -0.4 is 11.1 Å². The summed E-state index contributed by atoms with van der Waals surface area (Å²) in [6.45, 7) is 4.82. The maximum atomic E-state index is 12.1. The third-order valence-electron chi connectivity index (χ3n) is 3.32. The zero-order chi connectivity index (χ0) is 14.5. The molecule has 1 atom stereocenters. The van der Waals surface area contributed by atoms with Crippen LogP contribution in [-0.4, -0.2) is 49.7 Å². The molecule has 1 fully saturated rings. The number of hydrogen-bond acceptors (Lipinski definition) is 4. The van der Waals surface area contributed by atoms with Gasteiger partial charge in [0.05, 0.1) is 19.3 Å². The van der Waals surface area contributed by atoms with E-state index in [9.17, 15) is 4.79 Å². The predicted molar refractivity (Wildman–Crippen MR) is 80.1 cm³/mol. The first-order valence-electron chi connectivity index (χ1n) is 6.68. The molecule has 3 N–H and O–H groups in total. The van der Waals surface area contributed by atoms with Gasteiger partial charge in [-0.2, -0.15) is 0 Å². The molecule has 1 aliphatic rings. The van der Waals surface area contributed by atoms with E-state index in [1.165, 1.54) is 0 Å². The highest BCUT2D eigenvalue weighted by molar-refractivity contribution is 6.30. The zero-order valence-corrected chi connectivity index (χ0v) is 12.3. The molecule has 0 bridgehead atoms. The average Bonchev–Trinajstić information content (AvgIpc) is 2.42. The Balaban J connectivity index is 1.88. The first kappa shape index (κ1) is 15.3. The molecule has 0 radical (unpaired) electrons. The Kier molecular flexibility index (Phi) is 5.37. The van der Waals surface area contributed by atoms with E-state index in [2.05, 4.69) is 10.2 Å². The molecule has 0 saturated carbocycles. The number of carbonyl (C=O) groups excluding carboxylic acids is 1. The molecule has 0 aliphatic carbocycles. The third kappa shape index (κ3) is 4.18. The van der Waals surface area contributed by atoms with E-state index in [-0.39, 0.29) is 12.0 Å². The van der Waals surface area contributed by atoms with Gasteiger partial charge in [-0.15, -0.1) is 0 Å². The van der Waals surface area contributed by atoms with Gasteiger partial charge < -0.3 is 15.8 Å². The first-order valence-corrected chi connectivity index (χ1v) is 7.06. The lowest BCUT2D eigenvalue weighted by Crippen LogP contribution is -2.48. The van der Waals surface area contributed by atoms with Crippen LogP contribution in [0.2, 0.25) is 5.02 Å². The van der Waals surface area contributed by atoms with Crippen LogP contribution in [0.4, 0.5) is 5.69 Å². The Morgan fingerprint density at radius 2 is 2.40 bits per heavy atom. The number of benzene rings is 1. The second-order valence-corrected chi connectivity index (χ2v) is 5.41. The van der Waals surface area contributed by atoms with E-state index >= 15 is 0 Å². The Morgan fingerprint density at radius 3 is 3.10 bits per heavy atom. The van der Waals surface area contributed by atoms with Gasteiger partial charge in [0, 0.05) is 30.3 Å². The smallest absolute Gasteiger partial charge is 0.238 e. The van der Waals surface area contributed by atoms with E-state index < -0.39 is 0 Å². The number of hydrogen-bond donors (Lipinski definition) is 2. The van der Waals surface area contributed by atoms with Gasteiger partial charge in [-0.3, -0.25) is 9.69 Å². The van der Waals surface area contributed by atoms with Crippen molar-refractivity contribution in [1.82, 2.24) is 4.90 Å². The maximum absolute atomic E-state index is 12.1. The van der Waals surface area contributed by atoms with Crippen LogP contribution in [-0.2, 0) is 9.53 Å². The summed E-state index contributed by atoms with van der Waals surface area (Å²) >= 11 is 5.89. The average molecular weight is 298 g/mol. The second kappa shape index (κ2) is 7.04. The van der Waals surface area contributed by atoms with Crippen LogP contribution in [0.3, 0.4) is 0 Å². The number of rotatable bonds is 4. The number of nitrogens with one attached hydrogen (secondary N) is 1. The van der Waals surface area contributed by atoms with Crippen LogP contribution in [0.15, 0.2) is 18.2 Å². The highest BCUT2D eigenvalue weighted by Gasteiger charge is 2.21. The van der Waals surface area contributed by atoms with E-state index in [1.807, 2.05) is 19.1 Å². The van der Waals surface area contributed by atoms with Crippen molar-refractivity contribution in [2.45, 2.75) is 13.0 Å². The van der Waals surface area contributed by atoms with Gasteiger partial charge in [-0.25, -0.2) is 0 Å². The van der Waals surface area contributed by atoms with Gasteiger partial charge in [0.15, 0.2) is 0 Å². The molecule has 1 heterocycles. The van der Waals surface area contributed by atoms with Gasteiger partial charge in [-0.1, -0.05) is 11.6 Å². The summed E-state index contributed by atoms with van der Waals surface area (Å²) in [7, 11) is 0. The summed E-state index contributed by atoms with van der Waals surface area (Å²) in [5.41, 5.74) is 7.34. The number of nitrogens with two attached hydrogens (primary N) is 1. The predicted octanol–water partition coefficient (Wildman–Crippen LogP) is 1.25. The topological polar surface area (TPSA) is 67.6 Å². The molecular weight excluding hydrogens is 278 g/mol. The standard InChI is InChI=1S/C14H20ClN3O2/c1-10-6-11(15)2-3-13(10)17-14(19)9-18-4-5-20-12(7-16)8-18/h2-3,6,12H,4-5,7-9,16H2,1H3,(H,17,19). The van der Waals surface area contributed by atoms with Crippen LogP contribution in [0.5, 0.6) is 0 Å². The lowest BCUT2D eigenvalue weighted by atomic mass is 10.2. The summed E-state index contributed by atoms with van der Waals surface area (Å²) in [4.78, 5) is 14.1. The number of nitrogens with zero attached hydrogens (tertiary/aromatic N) is 1. The van der Waals surface area contributed by atoms with Crippen molar-refractivity contribution < 1.29 is 9.53 Å². The van der Waals surface area contributed by atoms with Gasteiger partial charge >= 0.3 is 0 Å². The fourth-order valence-electron chi connectivity index (χ4n) is 2.23. The van der Waals surface area contributed by atoms with Crippen molar-refractivity contribution in [3.8, 4) is 0 Å². The van der Waals surface area contributed by atoms with Crippen molar-refractivity contribution >= 4 is 23.2 Å². The van der Waals surface area contributed by atoms with Crippen LogP contribution in [0, 0.1) is 6.92 Å². The quantitative estimate of drug-likeness (QED) is 0.878. The summed E-state index contributed by atoms with van der Waals surface area (Å²) in [5.74, 6) is -0.0342. The number of ether oxygens (including phenoxy) is 1. The first-order chi connectivity index (χ1) is 9.58. The number of halogens is 1. The fraction of sp³-hybridized carbons (Fsp3) is 0.500. The van der Waals surface area contributed by atoms with Crippen molar-refractivity contribution in [3.05, 3.63) is 28.8 Å². The minimum absolute atomic E-state index is 0.0221. The molecular formula is C14H20ClN3O2. The molecule has 110 valence electrons. The zero-order valence-electron chi connectivity index (χ0n) is 11.6. The highest BCUT2D eigenvalue weighted by Crippen LogP contribution is 2.19. The minimum atomic E-state index is -0.0342. The molecule has 1 aromatic carbocycles. The molecule has 1 aliphatic heterocycles. The Hall–Kier alpha value is -1.14. The SMILES string of the molecule is Cc1cc(Cl)ccc1NC(=O)CN1CCOC(CN)C1. The molecule has 0 aromatic heterocycles. The summed E-state index contributed by atoms with van der Waals surface area (Å²) in [5, 5.41) is 3.57. The van der Waals surface area contributed by atoms with Gasteiger partial charge in [0.1, 0.15) is 0 Å². The number of aryl methyl sites for hydroxylation is 1. The monoisotopic (exact) mass is 297 g/mol. The van der Waals surface area contributed by atoms with Crippen molar-refractivity contribution in [1.29, 1.82) is 0 Å². The second-order valence-electron chi connectivity index (χ2n) is 4.97. The normalized spacial score (nSPS) is 19.9. The Morgan fingerprint density at radius 1 is 1.60 bits per heavy atom. The Bertz CT molecular complexity index is 481. The number of anilines is 1. The van der Waals surface area contributed by atoms with Gasteiger partial charge in [0.2, 0.25) is 5.91 Å². The van der Waals surface area contributed by atoms with Crippen molar-refractivity contribution in [2.75, 3.05) is 38.1 Å².